The average Bonchev–Trinajstić information content (AvgIpc) is 3.37. The number of aliphatic hydroxyl groups is 1. The molecular formula is C26H18Cl2N2O3S. The van der Waals surface area contributed by atoms with Crippen molar-refractivity contribution in [2.45, 2.75) is 19.4 Å². The molecule has 1 aromatic heterocycles. The van der Waals surface area contributed by atoms with Gasteiger partial charge in [-0.2, -0.15) is 0 Å². The molecule has 4 aromatic rings. The first kappa shape index (κ1) is 22.6. The number of Topliss-reactive ketones (excluding diaryl/α,β-unsaturated/α-hetero) is 1. The van der Waals surface area contributed by atoms with Gasteiger partial charge in [0.05, 0.1) is 21.8 Å². The van der Waals surface area contributed by atoms with E-state index in [1.165, 1.54) is 16.2 Å². The van der Waals surface area contributed by atoms with Crippen molar-refractivity contribution in [3.63, 3.8) is 0 Å². The summed E-state index contributed by atoms with van der Waals surface area (Å²) in [5.41, 5.74) is 2.91. The molecule has 1 N–H and O–H groups in total. The van der Waals surface area contributed by atoms with Crippen LogP contribution in [0, 0.1) is 0 Å². The molecule has 0 unspecified atom stereocenters. The molecule has 0 aliphatic carbocycles. The van der Waals surface area contributed by atoms with Crippen LogP contribution in [-0.2, 0) is 16.0 Å². The second-order valence-electron chi connectivity index (χ2n) is 7.88. The van der Waals surface area contributed by atoms with Crippen LogP contribution in [0.5, 0.6) is 0 Å². The van der Waals surface area contributed by atoms with Gasteiger partial charge < -0.3 is 5.11 Å². The molecule has 0 radical (unpaired) electrons. The minimum atomic E-state index is -0.862. The van der Waals surface area contributed by atoms with Crippen LogP contribution in [0.25, 0.3) is 16.0 Å². The Morgan fingerprint density at radius 3 is 2.29 bits per heavy atom. The molecule has 34 heavy (non-hydrogen) atoms. The van der Waals surface area contributed by atoms with Crippen LogP contribution in [0.1, 0.15) is 29.7 Å². The number of aliphatic hydroxyl groups excluding tert-OH is 1. The predicted octanol–water partition coefficient (Wildman–Crippen LogP) is 6.79. The van der Waals surface area contributed by atoms with Crippen molar-refractivity contribution in [2.75, 3.05) is 4.90 Å². The molecule has 1 saturated heterocycles. The Balaban J connectivity index is 1.71. The normalized spacial score (nSPS) is 17.6. The summed E-state index contributed by atoms with van der Waals surface area (Å²) in [5.74, 6) is -1.79. The maximum absolute atomic E-state index is 13.3. The lowest BCUT2D eigenvalue weighted by Crippen LogP contribution is -2.29. The van der Waals surface area contributed by atoms with Crippen LogP contribution in [0.15, 0.2) is 72.3 Å². The number of amides is 1. The van der Waals surface area contributed by atoms with E-state index in [-0.39, 0.29) is 11.3 Å². The number of rotatable bonds is 4. The third-order valence-electron chi connectivity index (χ3n) is 5.80. The summed E-state index contributed by atoms with van der Waals surface area (Å²) in [5, 5.41) is 12.6. The summed E-state index contributed by atoms with van der Waals surface area (Å²) < 4.78 is 0.920. The number of halogens is 2. The molecule has 0 spiro atoms. The first-order chi connectivity index (χ1) is 16.4. The van der Waals surface area contributed by atoms with Gasteiger partial charge in [0.15, 0.2) is 5.13 Å². The predicted molar refractivity (Wildman–Crippen MR) is 137 cm³/mol. The Kier molecular flexibility index (Phi) is 5.90. The topological polar surface area (TPSA) is 70.5 Å². The van der Waals surface area contributed by atoms with E-state index in [1.807, 2.05) is 18.2 Å². The summed E-state index contributed by atoms with van der Waals surface area (Å²) in [4.78, 5) is 32.6. The van der Waals surface area contributed by atoms with Gasteiger partial charge in [-0.05, 0) is 66.1 Å². The van der Waals surface area contributed by atoms with Gasteiger partial charge in [-0.15, -0.1) is 0 Å². The largest absolute Gasteiger partial charge is 0.507 e. The van der Waals surface area contributed by atoms with Crippen molar-refractivity contribution >= 4 is 67.3 Å². The van der Waals surface area contributed by atoms with Crippen LogP contribution < -0.4 is 4.90 Å². The molecule has 170 valence electrons. The lowest BCUT2D eigenvalue weighted by Gasteiger charge is -2.23. The number of anilines is 1. The molecule has 3 aromatic carbocycles. The van der Waals surface area contributed by atoms with Crippen molar-refractivity contribution in [3.05, 3.63) is 99.0 Å². The van der Waals surface area contributed by atoms with Crippen LogP contribution in [-0.4, -0.2) is 21.8 Å². The molecule has 5 nitrogen and oxygen atoms in total. The van der Waals surface area contributed by atoms with Gasteiger partial charge in [-0.3, -0.25) is 14.5 Å². The van der Waals surface area contributed by atoms with Crippen molar-refractivity contribution in [3.8, 4) is 0 Å². The Labute approximate surface area is 209 Å². The van der Waals surface area contributed by atoms with Gasteiger partial charge in [-0.25, -0.2) is 4.98 Å². The molecular weight excluding hydrogens is 491 g/mol. The van der Waals surface area contributed by atoms with Crippen LogP contribution in [0.4, 0.5) is 5.13 Å². The highest BCUT2D eigenvalue weighted by Crippen LogP contribution is 2.44. The Hall–Kier alpha value is -3.19. The highest BCUT2D eigenvalue weighted by molar-refractivity contribution is 7.22. The number of thiazole rings is 1. The zero-order chi connectivity index (χ0) is 24.0. The summed E-state index contributed by atoms with van der Waals surface area (Å²) in [6.45, 7) is 2.07. The number of ketones is 1. The number of hydrogen-bond donors (Lipinski definition) is 1. The lowest BCUT2D eigenvalue weighted by molar-refractivity contribution is -0.132. The summed E-state index contributed by atoms with van der Waals surface area (Å²) >= 11 is 13.4. The van der Waals surface area contributed by atoms with E-state index < -0.39 is 17.7 Å². The number of aromatic nitrogens is 1. The first-order valence-electron chi connectivity index (χ1n) is 10.6. The highest BCUT2D eigenvalue weighted by atomic mass is 35.5. The smallest absolute Gasteiger partial charge is 0.301 e. The van der Waals surface area contributed by atoms with Gasteiger partial charge in [0.1, 0.15) is 5.76 Å². The van der Waals surface area contributed by atoms with Gasteiger partial charge in [0, 0.05) is 15.6 Å². The maximum Gasteiger partial charge on any atom is 0.301 e. The van der Waals surface area contributed by atoms with E-state index in [0.29, 0.717) is 26.3 Å². The second kappa shape index (κ2) is 8.87. The van der Waals surface area contributed by atoms with E-state index in [4.69, 9.17) is 23.2 Å². The molecule has 8 heteroatoms. The van der Waals surface area contributed by atoms with Gasteiger partial charge >= 0.3 is 5.91 Å². The third kappa shape index (κ3) is 3.88. The molecule has 0 bridgehead atoms. The minimum absolute atomic E-state index is 0.0110. The molecule has 2 heterocycles. The third-order valence-corrected chi connectivity index (χ3v) is 7.33. The zero-order valence-corrected chi connectivity index (χ0v) is 20.3. The Bertz CT molecular complexity index is 1460. The molecule has 1 aliphatic rings. The van der Waals surface area contributed by atoms with Crippen LogP contribution in [0.3, 0.4) is 0 Å². The fourth-order valence-corrected chi connectivity index (χ4v) is 5.34. The van der Waals surface area contributed by atoms with E-state index >= 15 is 0 Å². The van der Waals surface area contributed by atoms with Gasteiger partial charge in [0.2, 0.25) is 0 Å². The number of nitrogens with zero attached hydrogens (tertiary/aromatic N) is 2. The molecule has 1 amide bonds. The second-order valence-corrected chi connectivity index (χ2v) is 9.76. The SMILES string of the molecule is CCc1ccc2nc(N3C(=O)C(=O)C(=C(O)c4ccc(Cl)cc4)[C@@H]3c3ccc(Cl)cc3)sc2c1. The number of fused-ring (bicyclic) bond motifs is 1. The van der Waals surface area contributed by atoms with Crippen molar-refractivity contribution in [2.24, 2.45) is 0 Å². The van der Waals surface area contributed by atoms with Gasteiger partial charge in [-0.1, -0.05) is 59.7 Å². The first-order valence-corrected chi connectivity index (χ1v) is 12.2. The van der Waals surface area contributed by atoms with E-state index in [9.17, 15) is 14.7 Å². The van der Waals surface area contributed by atoms with Crippen LogP contribution in [0.2, 0.25) is 10.0 Å². The zero-order valence-electron chi connectivity index (χ0n) is 18.0. The number of hydrogen-bond acceptors (Lipinski definition) is 5. The van der Waals surface area contributed by atoms with Gasteiger partial charge in [0.25, 0.3) is 5.78 Å². The fourth-order valence-electron chi connectivity index (χ4n) is 4.03. The van der Waals surface area contributed by atoms with Crippen molar-refractivity contribution in [1.29, 1.82) is 0 Å². The van der Waals surface area contributed by atoms with E-state index in [0.717, 1.165) is 22.2 Å². The lowest BCUT2D eigenvalue weighted by atomic mass is 9.95. The number of carbonyl (C=O) groups excluding carboxylic acids is 2. The fraction of sp³-hybridized carbons (Fsp3) is 0.115. The van der Waals surface area contributed by atoms with Crippen molar-refractivity contribution in [1.82, 2.24) is 4.98 Å². The Morgan fingerprint density at radius 2 is 1.65 bits per heavy atom. The monoisotopic (exact) mass is 508 g/mol. The Morgan fingerprint density at radius 1 is 1.00 bits per heavy atom. The maximum atomic E-state index is 13.3. The van der Waals surface area contributed by atoms with Crippen molar-refractivity contribution < 1.29 is 14.7 Å². The standard InChI is InChI=1S/C26H18Cl2N2O3S/c1-2-14-3-12-19-20(13-14)34-26(29-19)30-22(15-4-8-17(27)9-5-15)21(24(32)25(30)33)23(31)16-6-10-18(28)11-7-16/h3-13,22,31H,2H2,1H3/t22-/m0/s1. The highest BCUT2D eigenvalue weighted by Gasteiger charge is 2.48. The van der Waals surface area contributed by atoms with E-state index in [1.54, 1.807) is 48.5 Å². The minimum Gasteiger partial charge on any atom is -0.507 e. The summed E-state index contributed by atoms with van der Waals surface area (Å²) in [6, 6.07) is 18.4. The van der Waals surface area contributed by atoms with Crippen LogP contribution >= 0.6 is 34.5 Å². The molecule has 0 saturated carbocycles. The molecule has 1 atom stereocenters. The van der Waals surface area contributed by atoms with E-state index in [2.05, 4.69) is 11.9 Å². The molecule has 1 aliphatic heterocycles. The number of aryl methyl sites for hydroxylation is 1. The molecule has 1 fully saturated rings. The number of benzene rings is 3. The average molecular weight is 509 g/mol. The quantitative estimate of drug-likeness (QED) is 0.187. The summed E-state index contributed by atoms with van der Waals surface area (Å²) in [7, 11) is 0. The number of carbonyl (C=O) groups is 2. The molecule has 5 rings (SSSR count). The summed E-state index contributed by atoms with van der Waals surface area (Å²) in [6.07, 6.45) is 0.875.